The number of hydrogen-bond donors (Lipinski definition) is 4. The number of aliphatic hydroxyl groups is 1. The summed E-state index contributed by atoms with van der Waals surface area (Å²) in [4.78, 5) is 28.5. The fraction of sp³-hybridized carbons (Fsp3) is 0.407. The van der Waals surface area contributed by atoms with Crippen molar-refractivity contribution >= 4 is 22.7 Å². The third-order valence-electron chi connectivity index (χ3n) is 6.33. The van der Waals surface area contributed by atoms with Gasteiger partial charge in [0.15, 0.2) is 5.58 Å². The maximum Gasteiger partial charge on any atom is 0.248 e. The monoisotopic (exact) mass is 490 g/mol. The van der Waals surface area contributed by atoms with Gasteiger partial charge in [-0.15, -0.1) is 0 Å². The zero-order valence-corrected chi connectivity index (χ0v) is 21.3. The van der Waals surface area contributed by atoms with Crippen LogP contribution in [0.2, 0.25) is 0 Å². The molecular formula is C27H34N6O3. The lowest BCUT2D eigenvalue weighted by Crippen LogP contribution is -2.19. The predicted molar refractivity (Wildman–Crippen MR) is 142 cm³/mol. The number of fused-ring (bicyclic) bond motifs is 1. The van der Waals surface area contributed by atoms with E-state index in [1.165, 1.54) is 6.07 Å². The molecule has 5 rings (SSSR count). The minimum atomic E-state index is -0.168. The maximum absolute atomic E-state index is 11.9. The molecule has 4 heterocycles. The van der Waals surface area contributed by atoms with Crippen LogP contribution in [0.5, 0.6) is 0 Å². The number of aromatic amines is 1. The number of H-pyrrole nitrogens is 1. The van der Waals surface area contributed by atoms with E-state index in [0.29, 0.717) is 41.3 Å². The SMILES string of the molecule is CC.Cc1nc(NCc2ccccn2)nc(NC2CCC(CO)C2)c1-c1cc2cc(=O)[nH]c(C)c2o1. The molecular weight excluding hydrogens is 456 g/mol. The van der Waals surface area contributed by atoms with Gasteiger partial charge in [-0.2, -0.15) is 4.98 Å². The van der Waals surface area contributed by atoms with Gasteiger partial charge in [-0.05, 0) is 57.2 Å². The van der Waals surface area contributed by atoms with Crippen molar-refractivity contribution in [2.45, 2.75) is 59.5 Å². The summed E-state index contributed by atoms with van der Waals surface area (Å²) in [5, 5.41) is 17.1. The van der Waals surface area contributed by atoms with Crippen molar-refractivity contribution in [3.8, 4) is 11.3 Å². The van der Waals surface area contributed by atoms with E-state index in [2.05, 4.69) is 25.6 Å². The van der Waals surface area contributed by atoms with Crippen LogP contribution in [0.15, 0.2) is 45.7 Å². The third-order valence-corrected chi connectivity index (χ3v) is 6.33. The number of pyridine rings is 2. The second kappa shape index (κ2) is 11.3. The molecule has 2 unspecified atom stereocenters. The first-order chi connectivity index (χ1) is 17.5. The summed E-state index contributed by atoms with van der Waals surface area (Å²) in [6.07, 6.45) is 4.57. The maximum atomic E-state index is 11.9. The topological polar surface area (TPSA) is 129 Å². The first kappa shape index (κ1) is 25.4. The minimum absolute atomic E-state index is 0.168. The number of nitrogens with zero attached hydrogens (tertiary/aromatic N) is 3. The van der Waals surface area contributed by atoms with Crippen LogP contribution in [0, 0.1) is 19.8 Å². The van der Waals surface area contributed by atoms with Crippen LogP contribution in [0.3, 0.4) is 0 Å². The summed E-state index contributed by atoms with van der Waals surface area (Å²) >= 11 is 0. The molecule has 1 aliphatic carbocycles. The Balaban J connectivity index is 0.00000148. The molecule has 0 amide bonds. The molecule has 4 N–H and O–H groups in total. The van der Waals surface area contributed by atoms with Crippen molar-refractivity contribution in [3.63, 3.8) is 0 Å². The summed E-state index contributed by atoms with van der Waals surface area (Å²) in [5.74, 6) is 2.06. The Bertz CT molecular complexity index is 1370. The van der Waals surface area contributed by atoms with Gasteiger partial charge in [0.25, 0.3) is 0 Å². The molecule has 0 radical (unpaired) electrons. The molecule has 0 aromatic carbocycles. The molecule has 4 aromatic rings. The standard InChI is InChI=1S/C25H28N6O3.C2H6/c1-14-22(20-10-17-11-21(33)28-15(2)23(17)34-20)24(30-18-7-6-16(9-18)13-32)31-25(29-14)27-12-19-5-3-4-8-26-19;1-2/h3-5,8,10-11,16,18,32H,6-7,9,12-13H2,1-2H3,(H,28,33)(H2,27,29,30,31);1-2H3. The summed E-state index contributed by atoms with van der Waals surface area (Å²) in [7, 11) is 0. The largest absolute Gasteiger partial charge is 0.454 e. The first-order valence-electron chi connectivity index (χ1n) is 12.5. The Morgan fingerprint density at radius 3 is 2.72 bits per heavy atom. The van der Waals surface area contributed by atoms with E-state index in [0.717, 1.165) is 41.6 Å². The molecule has 1 saturated carbocycles. The summed E-state index contributed by atoms with van der Waals surface area (Å²) in [6, 6.07) is 9.36. The van der Waals surface area contributed by atoms with Gasteiger partial charge >= 0.3 is 0 Å². The zero-order valence-electron chi connectivity index (χ0n) is 21.3. The molecule has 1 fully saturated rings. The average Bonchev–Trinajstić information content (AvgIpc) is 3.51. The molecule has 4 aromatic heterocycles. The van der Waals surface area contributed by atoms with Crippen LogP contribution < -0.4 is 16.2 Å². The van der Waals surface area contributed by atoms with Crippen molar-refractivity contribution in [2.24, 2.45) is 5.92 Å². The van der Waals surface area contributed by atoms with E-state index >= 15 is 0 Å². The Labute approximate surface area is 210 Å². The van der Waals surface area contributed by atoms with E-state index in [4.69, 9.17) is 9.40 Å². The van der Waals surface area contributed by atoms with Crippen LogP contribution in [-0.2, 0) is 6.54 Å². The van der Waals surface area contributed by atoms with Gasteiger partial charge in [0.2, 0.25) is 11.5 Å². The highest BCUT2D eigenvalue weighted by Crippen LogP contribution is 2.37. The third kappa shape index (κ3) is 5.57. The van der Waals surface area contributed by atoms with E-state index in [-0.39, 0.29) is 18.2 Å². The van der Waals surface area contributed by atoms with E-state index in [1.807, 2.05) is 52.0 Å². The number of hydrogen-bond acceptors (Lipinski definition) is 8. The van der Waals surface area contributed by atoms with Crippen molar-refractivity contribution in [1.82, 2.24) is 19.9 Å². The Hall–Kier alpha value is -3.72. The smallest absolute Gasteiger partial charge is 0.248 e. The van der Waals surface area contributed by atoms with Gasteiger partial charge in [-0.1, -0.05) is 19.9 Å². The molecule has 0 bridgehead atoms. The number of aryl methyl sites for hydroxylation is 2. The number of furan rings is 1. The minimum Gasteiger partial charge on any atom is -0.454 e. The van der Waals surface area contributed by atoms with Crippen molar-refractivity contribution < 1.29 is 9.52 Å². The molecule has 2 atom stereocenters. The molecule has 9 heteroatoms. The van der Waals surface area contributed by atoms with Crippen LogP contribution >= 0.6 is 0 Å². The fourth-order valence-electron chi connectivity index (χ4n) is 4.64. The number of anilines is 2. The van der Waals surface area contributed by atoms with Gasteiger partial charge in [-0.25, -0.2) is 4.98 Å². The lowest BCUT2D eigenvalue weighted by molar-refractivity contribution is 0.229. The van der Waals surface area contributed by atoms with Crippen LogP contribution in [0.1, 0.15) is 50.2 Å². The molecule has 0 aliphatic heterocycles. The van der Waals surface area contributed by atoms with Crippen molar-refractivity contribution in [2.75, 3.05) is 17.2 Å². The summed E-state index contributed by atoms with van der Waals surface area (Å²) < 4.78 is 6.18. The van der Waals surface area contributed by atoms with Crippen LogP contribution in [0.25, 0.3) is 22.3 Å². The Morgan fingerprint density at radius 1 is 1.17 bits per heavy atom. The second-order valence-corrected chi connectivity index (χ2v) is 8.89. The predicted octanol–water partition coefficient (Wildman–Crippen LogP) is 4.80. The highest BCUT2D eigenvalue weighted by Gasteiger charge is 2.27. The number of nitrogens with one attached hydrogen (secondary N) is 3. The van der Waals surface area contributed by atoms with E-state index in [9.17, 15) is 9.90 Å². The molecule has 36 heavy (non-hydrogen) atoms. The summed E-state index contributed by atoms with van der Waals surface area (Å²) in [6.45, 7) is 8.44. The number of rotatable bonds is 7. The van der Waals surface area contributed by atoms with Gasteiger partial charge in [0.1, 0.15) is 11.6 Å². The highest BCUT2D eigenvalue weighted by molar-refractivity contribution is 5.87. The molecule has 9 nitrogen and oxygen atoms in total. The zero-order chi connectivity index (χ0) is 25.7. The quantitative estimate of drug-likeness (QED) is 0.291. The van der Waals surface area contributed by atoms with Crippen LogP contribution in [0.4, 0.5) is 11.8 Å². The second-order valence-electron chi connectivity index (χ2n) is 8.89. The molecule has 0 spiro atoms. The lowest BCUT2D eigenvalue weighted by atomic mass is 10.1. The van der Waals surface area contributed by atoms with Crippen molar-refractivity contribution in [1.29, 1.82) is 0 Å². The molecule has 0 saturated heterocycles. The van der Waals surface area contributed by atoms with Gasteiger partial charge in [0, 0.05) is 30.3 Å². The van der Waals surface area contributed by atoms with E-state index in [1.54, 1.807) is 6.20 Å². The first-order valence-corrected chi connectivity index (χ1v) is 12.5. The lowest BCUT2D eigenvalue weighted by Gasteiger charge is -2.18. The normalized spacial score (nSPS) is 17.0. The average molecular weight is 491 g/mol. The van der Waals surface area contributed by atoms with Gasteiger partial charge in [0.05, 0.1) is 29.2 Å². The number of aromatic nitrogens is 4. The van der Waals surface area contributed by atoms with Crippen molar-refractivity contribution in [3.05, 3.63) is 64.0 Å². The van der Waals surface area contributed by atoms with Gasteiger partial charge in [-0.3, -0.25) is 9.78 Å². The van der Waals surface area contributed by atoms with Crippen LogP contribution in [-0.4, -0.2) is 37.7 Å². The number of aliphatic hydroxyl groups excluding tert-OH is 1. The van der Waals surface area contributed by atoms with E-state index < -0.39 is 0 Å². The Kier molecular flexibility index (Phi) is 8.00. The van der Waals surface area contributed by atoms with Gasteiger partial charge < -0.3 is 25.1 Å². The fourth-order valence-corrected chi connectivity index (χ4v) is 4.64. The Morgan fingerprint density at radius 2 is 2.00 bits per heavy atom. The summed E-state index contributed by atoms with van der Waals surface area (Å²) in [5.41, 5.74) is 3.55. The molecule has 190 valence electrons. The highest BCUT2D eigenvalue weighted by atomic mass is 16.3. The molecule has 1 aliphatic rings.